The van der Waals surface area contributed by atoms with Gasteiger partial charge >= 0.3 is 0 Å². The molecule has 0 amide bonds. The Morgan fingerprint density at radius 1 is 0.364 bits per heavy atom. The molecule has 0 saturated heterocycles. The van der Waals surface area contributed by atoms with Gasteiger partial charge in [0, 0.05) is 33.0 Å². The molecule has 4 nitrogen and oxygen atoms in total. The minimum Gasteiger partial charge on any atom is -0.455 e. The fourth-order valence-electron chi connectivity index (χ4n) is 8.05. The number of para-hydroxylation sites is 2. The van der Waals surface area contributed by atoms with E-state index >= 15 is 0 Å². The maximum Gasteiger partial charge on any atom is 0.162 e. The fourth-order valence-corrected chi connectivity index (χ4v) is 8.05. The predicted molar refractivity (Wildman–Crippen MR) is 227 cm³/mol. The molecule has 0 saturated carbocycles. The molecular weight excluding hydrogens is 671 g/mol. The van der Waals surface area contributed by atoms with Gasteiger partial charge in [0.2, 0.25) is 0 Å². The summed E-state index contributed by atoms with van der Waals surface area (Å²) < 4.78 is 6.77. The average molecular weight is 702 g/mol. The van der Waals surface area contributed by atoms with Gasteiger partial charge in [-0.05, 0) is 63.0 Å². The molecule has 0 aliphatic carbocycles. The number of furan rings is 1. The molecule has 0 radical (unpaired) electrons. The van der Waals surface area contributed by atoms with Gasteiger partial charge in [-0.1, -0.05) is 158 Å². The van der Waals surface area contributed by atoms with Crippen LogP contribution in [0.2, 0.25) is 0 Å². The zero-order valence-corrected chi connectivity index (χ0v) is 29.6. The predicted octanol–water partition coefficient (Wildman–Crippen LogP) is 13.6. The second-order valence-corrected chi connectivity index (χ2v) is 13.9. The van der Waals surface area contributed by atoms with Gasteiger partial charge in [0.25, 0.3) is 0 Å². The Labute approximate surface area is 317 Å². The minimum absolute atomic E-state index is 0.603. The summed E-state index contributed by atoms with van der Waals surface area (Å²) in [6, 6.07) is 65.4. The maximum atomic E-state index is 6.77. The Balaban J connectivity index is 1.19. The summed E-state index contributed by atoms with van der Waals surface area (Å²) in [7, 11) is 0. The van der Waals surface area contributed by atoms with E-state index in [1.54, 1.807) is 0 Å². The Kier molecular flexibility index (Phi) is 7.14. The monoisotopic (exact) mass is 701 g/mol. The zero-order valence-electron chi connectivity index (χ0n) is 29.6. The van der Waals surface area contributed by atoms with Gasteiger partial charge in [-0.2, -0.15) is 0 Å². The van der Waals surface area contributed by atoms with Crippen molar-refractivity contribution in [3.05, 3.63) is 188 Å². The number of hydrogen-bond donors (Lipinski definition) is 0. The lowest BCUT2D eigenvalue weighted by Crippen LogP contribution is -1.98. The van der Waals surface area contributed by atoms with Crippen molar-refractivity contribution in [1.29, 1.82) is 0 Å². The minimum atomic E-state index is 0.603. The molecule has 0 bridgehead atoms. The van der Waals surface area contributed by atoms with Crippen molar-refractivity contribution < 1.29 is 4.42 Å². The summed E-state index contributed by atoms with van der Waals surface area (Å²) in [6.45, 7) is 0. The van der Waals surface area contributed by atoms with Gasteiger partial charge in [0.05, 0.1) is 28.0 Å². The summed E-state index contributed by atoms with van der Waals surface area (Å²) in [5, 5.41) is 7.66. The van der Waals surface area contributed by atoms with E-state index in [2.05, 4.69) is 152 Å². The van der Waals surface area contributed by atoms with Crippen LogP contribution in [0.4, 0.5) is 0 Å². The molecule has 0 aliphatic heterocycles. The first kappa shape index (κ1) is 31.1. The average Bonchev–Trinajstić information content (AvgIpc) is 3.66. The van der Waals surface area contributed by atoms with Crippen molar-refractivity contribution in [2.45, 2.75) is 0 Å². The molecule has 55 heavy (non-hydrogen) atoms. The normalized spacial score (nSPS) is 11.6. The van der Waals surface area contributed by atoms with Crippen molar-refractivity contribution in [3.63, 3.8) is 0 Å². The molecular formula is C51H31N3O. The van der Waals surface area contributed by atoms with Crippen molar-refractivity contribution >= 4 is 54.4 Å². The number of pyridine rings is 1. The number of benzene rings is 8. The summed E-state index contributed by atoms with van der Waals surface area (Å²) in [6.07, 6.45) is 0. The fraction of sp³-hybridized carbons (Fsp3) is 0. The van der Waals surface area contributed by atoms with Crippen LogP contribution in [0.3, 0.4) is 0 Å². The molecule has 11 aromatic rings. The van der Waals surface area contributed by atoms with Gasteiger partial charge in [-0.15, -0.1) is 0 Å². The smallest absolute Gasteiger partial charge is 0.162 e. The van der Waals surface area contributed by atoms with Gasteiger partial charge in [-0.25, -0.2) is 15.0 Å². The Morgan fingerprint density at radius 2 is 0.927 bits per heavy atom. The molecule has 3 heterocycles. The highest BCUT2D eigenvalue weighted by Crippen LogP contribution is 2.44. The largest absolute Gasteiger partial charge is 0.455 e. The van der Waals surface area contributed by atoms with Crippen LogP contribution < -0.4 is 0 Å². The van der Waals surface area contributed by atoms with Crippen molar-refractivity contribution in [2.24, 2.45) is 0 Å². The third-order valence-corrected chi connectivity index (χ3v) is 10.7. The standard InChI is InChI=1S/C51H31N3O/c1-3-14-32(15-4-1)33-26-28-35(29-27-33)45-31-44(34-16-5-2-6-17-34)52-51(53-45)42-24-13-23-41-48(42)54-49(47-40-22-11-12-25-46(40)55-50(41)47)43-30-36-18-7-8-19-37(36)38-20-9-10-21-39(38)43/h1-31H. The molecule has 0 N–H and O–H groups in total. The highest BCUT2D eigenvalue weighted by atomic mass is 16.3. The third kappa shape index (κ3) is 5.19. The summed E-state index contributed by atoms with van der Waals surface area (Å²) in [5.74, 6) is 0.603. The molecule has 0 aliphatic rings. The Bertz CT molecular complexity index is 3240. The number of aromatic nitrogens is 3. The van der Waals surface area contributed by atoms with E-state index in [0.717, 1.165) is 88.5 Å². The Hall–Kier alpha value is -7.43. The van der Waals surface area contributed by atoms with Crippen LogP contribution in [0.25, 0.3) is 111 Å². The van der Waals surface area contributed by atoms with E-state index in [4.69, 9.17) is 19.4 Å². The first-order valence-electron chi connectivity index (χ1n) is 18.5. The van der Waals surface area contributed by atoms with Crippen LogP contribution in [-0.2, 0) is 0 Å². The van der Waals surface area contributed by atoms with Crippen molar-refractivity contribution in [3.8, 4) is 56.3 Å². The molecule has 0 unspecified atom stereocenters. The SMILES string of the molecule is c1ccc(-c2ccc(-c3cc(-c4ccccc4)nc(-c4cccc5c4nc(-c4cc6ccccc6c6ccccc46)c4c6ccccc6oc54)n3)cc2)cc1. The number of fused-ring (bicyclic) bond motifs is 8. The summed E-state index contributed by atoms with van der Waals surface area (Å²) in [5.41, 5.74) is 11.2. The lowest BCUT2D eigenvalue weighted by Gasteiger charge is -2.14. The second-order valence-electron chi connectivity index (χ2n) is 13.9. The third-order valence-electron chi connectivity index (χ3n) is 10.7. The van der Waals surface area contributed by atoms with Gasteiger partial charge in [-0.3, -0.25) is 0 Å². The van der Waals surface area contributed by atoms with Crippen LogP contribution in [0.5, 0.6) is 0 Å². The second kappa shape index (κ2) is 12.6. The van der Waals surface area contributed by atoms with Gasteiger partial charge < -0.3 is 4.42 Å². The summed E-state index contributed by atoms with van der Waals surface area (Å²) in [4.78, 5) is 16.2. The highest BCUT2D eigenvalue weighted by molar-refractivity contribution is 6.24. The van der Waals surface area contributed by atoms with Crippen molar-refractivity contribution in [1.82, 2.24) is 15.0 Å². The van der Waals surface area contributed by atoms with Crippen LogP contribution in [0.1, 0.15) is 0 Å². The number of nitrogens with zero attached hydrogens (tertiary/aromatic N) is 3. The first-order valence-corrected chi connectivity index (χ1v) is 18.5. The number of rotatable bonds is 5. The molecule has 0 spiro atoms. The van der Waals surface area contributed by atoms with E-state index in [0.29, 0.717) is 5.82 Å². The van der Waals surface area contributed by atoms with Crippen LogP contribution >= 0.6 is 0 Å². The molecule has 11 rings (SSSR count). The maximum absolute atomic E-state index is 6.77. The topological polar surface area (TPSA) is 51.8 Å². The van der Waals surface area contributed by atoms with E-state index in [1.807, 2.05) is 36.4 Å². The first-order chi connectivity index (χ1) is 27.3. The zero-order chi connectivity index (χ0) is 36.3. The molecule has 256 valence electrons. The van der Waals surface area contributed by atoms with E-state index in [9.17, 15) is 0 Å². The summed E-state index contributed by atoms with van der Waals surface area (Å²) >= 11 is 0. The number of hydrogen-bond acceptors (Lipinski definition) is 4. The van der Waals surface area contributed by atoms with Gasteiger partial charge in [0.15, 0.2) is 5.82 Å². The van der Waals surface area contributed by atoms with Crippen LogP contribution in [0.15, 0.2) is 192 Å². The van der Waals surface area contributed by atoms with Crippen LogP contribution in [0, 0.1) is 0 Å². The highest BCUT2D eigenvalue weighted by Gasteiger charge is 2.23. The van der Waals surface area contributed by atoms with Gasteiger partial charge in [0.1, 0.15) is 11.2 Å². The quantitative estimate of drug-likeness (QED) is 0.168. The van der Waals surface area contributed by atoms with E-state index < -0.39 is 0 Å². The molecule has 8 aromatic carbocycles. The Morgan fingerprint density at radius 3 is 1.69 bits per heavy atom. The van der Waals surface area contributed by atoms with E-state index in [-0.39, 0.29) is 0 Å². The van der Waals surface area contributed by atoms with E-state index in [1.165, 1.54) is 16.3 Å². The lowest BCUT2D eigenvalue weighted by molar-refractivity contribution is 0.672. The van der Waals surface area contributed by atoms with Crippen LogP contribution in [-0.4, -0.2) is 15.0 Å². The lowest BCUT2D eigenvalue weighted by atomic mass is 9.93. The van der Waals surface area contributed by atoms with Crippen molar-refractivity contribution in [2.75, 3.05) is 0 Å². The molecule has 4 heteroatoms. The molecule has 0 atom stereocenters. The molecule has 0 fully saturated rings. The molecule has 3 aromatic heterocycles.